The Morgan fingerprint density at radius 2 is 0.838 bits per heavy atom. The van der Waals surface area contributed by atoms with Crippen molar-refractivity contribution in [3.05, 3.63) is 162 Å². The summed E-state index contributed by atoms with van der Waals surface area (Å²) in [6.45, 7) is 9.59. The number of ether oxygens (including phenoxy) is 4. The second-order valence-corrected chi connectivity index (χ2v) is 23.1. The molecule has 6 aromatic rings. The van der Waals surface area contributed by atoms with Gasteiger partial charge in [-0.3, -0.25) is 0 Å². The van der Waals surface area contributed by atoms with Crippen molar-refractivity contribution in [1.82, 2.24) is 0 Å². The molecule has 6 aliphatic rings. The average Bonchev–Trinajstić information content (AvgIpc) is 4.30. The molecule has 18 heteroatoms. The van der Waals surface area contributed by atoms with Gasteiger partial charge in [-0.15, -0.1) is 45.3 Å². The lowest BCUT2D eigenvalue weighted by Crippen LogP contribution is -2.65. The van der Waals surface area contributed by atoms with Gasteiger partial charge in [0, 0.05) is 50.4 Å². The Hall–Kier alpha value is -5.70. The number of esters is 2. The first kappa shape index (κ1) is 54.6. The van der Waals surface area contributed by atoms with Crippen LogP contribution >= 0.6 is 45.3 Å². The average molecular weight is 1080 g/mol. The number of carboxylic acid groups (broad SMARTS) is 2. The Morgan fingerprint density at radius 3 is 1.12 bits per heavy atom. The van der Waals surface area contributed by atoms with Crippen molar-refractivity contribution in [2.75, 3.05) is 65.6 Å². The van der Waals surface area contributed by atoms with Crippen LogP contribution in [-0.2, 0) is 39.9 Å². The number of carbonyl (C=O) groups is 4. The van der Waals surface area contributed by atoms with Crippen molar-refractivity contribution in [3.63, 3.8) is 0 Å². The Labute approximate surface area is 447 Å². The first-order valence-electron chi connectivity index (χ1n) is 25.0. The summed E-state index contributed by atoms with van der Waals surface area (Å²) in [6, 6.07) is 34.5. The molecule has 74 heavy (non-hydrogen) atoms. The fourth-order valence-electron chi connectivity index (χ4n) is 10.7. The van der Waals surface area contributed by atoms with Crippen LogP contribution in [0.4, 0.5) is 0 Å². The lowest BCUT2D eigenvalue weighted by atomic mass is 9.83. The van der Waals surface area contributed by atoms with Gasteiger partial charge in [0.2, 0.25) is 11.2 Å². The third kappa shape index (κ3) is 13.4. The summed E-state index contributed by atoms with van der Waals surface area (Å²) in [5.41, 5.74) is -3.47. The highest BCUT2D eigenvalue weighted by atomic mass is 32.1. The van der Waals surface area contributed by atoms with Crippen LogP contribution in [-0.4, -0.2) is 121 Å². The van der Waals surface area contributed by atoms with Crippen molar-refractivity contribution in [2.45, 2.75) is 61.9 Å². The Morgan fingerprint density at radius 1 is 0.514 bits per heavy atom. The van der Waals surface area contributed by atoms with Gasteiger partial charge in [0.05, 0.1) is 83.9 Å². The summed E-state index contributed by atoms with van der Waals surface area (Å²) in [4.78, 5) is 48.2. The number of fused-ring (bicyclic) bond motifs is 6. The molecule has 0 saturated carbocycles. The molecule has 6 aliphatic heterocycles. The number of carboxylic acids is 2. The molecule has 10 heterocycles. The van der Waals surface area contributed by atoms with Crippen molar-refractivity contribution in [3.8, 4) is 11.5 Å². The number of piperidine rings is 6. The summed E-state index contributed by atoms with van der Waals surface area (Å²) in [6.07, 6.45) is 6.65. The van der Waals surface area contributed by atoms with E-state index in [4.69, 9.17) is 18.9 Å². The largest absolute Gasteiger partial charge is 0.545 e. The fraction of sp³-hybridized carbons (Fsp3) is 0.393. The standard InChI is InChI=1S/2C26H30NO4S2.C4H4O4/c2*28-25(26(29,23-9-4-17-32-23)24-10-5-18-33-24)31-22-19-27(14-11-20(22)12-15-27)13-6-16-30-21-7-2-1-3-8-21;5-3(6)1-2-4(7)8/h2*1-5,7-10,17-18,20,22,29H,6,11-16,19H2;1-2H,(H,5,6)(H,7,8)/q2*+1;/p-2/b;;2-1-. The lowest BCUT2D eigenvalue weighted by molar-refractivity contribution is -0.946. The second kappa shape index (κ2) is 25.2. The quantitative estimate of drug-likeness (QED) is 0.0372. The van der Waals surface area contributed by atoms with Gasteiger partial charge in [-0.2, -0.15) is 0 Å². The molecule has 2 aromatic carbocycles. The molecule has 0 amide bonds. The van der Waals surface area contributed by atoms with Crippen molar-refractivity contribution >= 4 is 69.2 Å². The second-order valence-electron chi connectivity index (χ2n) is 19.3. The summed E-state index contributed by atoms with van der Waals surface area (Å²) < 4.78 is 26.0. The zero-order valence-corrected chi connectivity index (χ0v) is 44.2. The van der Waals surface area contributed by atoms with Gasteiger partial charge in [-0.25, -0.2) is 9.59 Å². The van der Waals surface area contributed by atoms with Crippen LogP contribution in [0.5, 0.6) is 11.5 Å². The third-order valence-corrected chi connectivity index (χ3v) is 18.5. The van der Waals surface area contributed by atoms with E-state index in [1.165, 1.54) is 45.3 Å². The lowest BCUT2D eigenvalue weighted by Gasteiger charge is -2.52. The number of carbonyl (C=O) groups excluding carboxylic acids is 4. The van der Waals surface area contributed by atoms with Gasteiger partial charge in [0.25, 0.3) is 0 Å². The van der Waals surface area contributed by atoms with Crippen LogP contribution in [0.2, 0.25) is 0 Å². The monoisotopic (exact) mass is 1080 g/mol. The van der Waals surface area contributed by atoms with Crippen molar-refractivity contribution in [1.29, 1.82) is 0 Å². The van der Waals surface area contributed by atoms with E-state index in [-0.39, 0.29) is 12.2 Å². The molecular weight excluding hydrogens is 1020 g/mol. The number of quaternary nitrogens is 2. The molecule has 0 spiro atoms. The van der Waals surface area contributed by atoms with E-state index in [1.807, 2.05) is 131 Å². The molecule has 14 nitrogen and oxygen atoms in total. The number of hydrogen-bond donors (Lipinski definition) is 2. The SMILES string of the molecule is O=C(OC1C[N+]2(CCCOc3ccccc3)CCC1CC2)C(O)(c1cccs1)c1cccs1.O=C(OC1C[N+]2(CCCOc3ccccc3)CCC1CC2)C(O)(c1cccs1)c1cccs1.O=C([O-])/C=C\C(=O)[O-]. The van der Waals surface area contributed by atoms with Crippen LogP contribution in [0.3, 0.4) is 0 Å². The highest BCUT2D eigenvalue weighted by molar-refractivity contribution is 7.12. The molecule has 0 radical (unpaired) electrons. The van der Waals surface area contributed by atoms with Crippen LogP contribution in [0, 0.1) is 11.8 Å². The zero-order chi connectivity index (χ0) is 52.0. The van der Waals surface area contributed by atoms with E-state index in [2.05, 4.69) is 0 Å². The maximum absolute atomic E-state index is 13.4. The molecule has 4 bridgehead atoms. The van der Waals surface area contributed by atoms with E-state index in [0.717, 1.165) is 111 Å². The minimum absolute atomic E-state index is 0.151. The summed E-state index contributed by atoms with van der Waals surface area (Å²) in [7, 11) is 0. The Bertz CT molecular complexity index is 2450. The van der Waals surface area contributed by atoms with Gasteiger partial charge in [-0.1, -0.05) is 60.7 Å². The van der Waals surface area contributed by atoms with Gasteiger partial charge in [0.15, 0.2) is 12.2 Å². The topological polar surface area (TPSA) is 192 Å². The van der Waals surface area contributed by atoms with E-state index < -0.39 is 35.1 Å². The van der Waals surface area contributed by atoms with Crippen LogP contribution in [0.25, 0.3) is 0 Å². The van der Waals surface area contributed by atoms with Gasteiger partial charge < -0.3 is 57.9 Å². The Balaban J connectivity index is 0.000000172. The number of para-hydroxylation sites is 2. The molecule has 2 N–H and O–H groups in total. The van der Waals surface area contributed by atoms with Crippen molar-refractivity contribution < 1.29 is 67.5 Å². The highest BCUT2D eigenvalue weighted by Crippen LogP contribution is 2.42. The minimum atomic E-state index is -1.73. The van der Waals surface area contributed by atoms with E-state index >= 15 is 0 Å². The number of aliphatic carboxylic acids is 2. The van der Waals surface area contributed by atoms with E-state index in [0.29, 0.717) is 56.7 Å². The van der Waals surface area contributed by atoms with E-state index in [1.54, 1.807) is 0 Å². The molecule has 6 saturated heterocycles. The number of rotatable bonds is 20. The molecule has 0 aliphatic carbocycles. The zero-order valence-electron chi connectivity index (χ0n) is 41.0. The normalized spacial score (nSPS) is 22.9. The van der Waals surface area contributed by atoms with Gasteiger partial charge >= 0.3 is 11.9 Å². The maximum atomic E-state index is 13.4. The molecule has 4 aromatic heterocycles. The molecular formula is C56H62N2O12S4. The van der Waals surface area contributed by atoms with Crippen LogP contribution < -0.4 is 19.7 Å². The molecule has 12 rings (SSSR count). The van der Waals surface area contributed by atoms with E-state index in [9.17, 15) is 39.6 Å². The third-order valence-electron chi connectivity index (χ3n) is 14.6. The summed E-state index contributed by atoms with van der Waals surface area (Å²) in [5.74, 6) is -1.61. The van der Waals surface area contributed by atoms with Crippen LogP contribution in [0.1, 0.15) is 58.0 Å². The summed E-state index contributed by atoms with van der Waals surface area (Å²) >= 11 is 5.53. The number of benzene rings is 2. The fourth-order valence-corrected chi connectivity index (χ4v) is 14.1. The van der Waals surface area contributed by atoms with Gasteiger partial charge in [-0.05, 0) is 82.2 Å². The number of nitrogens with zero attached hydrogens (tertiary/aromatic N) is 2. The van der Waals surface area contributed by atoms with Gasteiger partial charge in [0.1, 0.15) is 24.6 Å². The molecule has 2 unspecified atom stereocenters. The maximum Gasteiger partial charge on any atom is 0.349 e. The molecule has 392 valence electrons. The highest BCUT2D eigenvalue weighted by Gasteiger charge is 2.53. The number of aliphatic hydroxyl groups is 2. The first-order valence-corrected chi connectivity index (χ1v) is 28.5. The molecule has 6 fully saturated rings. The minimum Gasteiger partial charge on any atom is -0.545 e. The smallest absolute Gasteiger partial charge is 0.349 e. The molecule has 2 atom stereocenters. The summed E-state index contributed by atoms with van der Waals surface area (Å²) in [5, 5.41) is 49.5. The number of hydrogen-bond acceptors (Lipinski definition) is 16. The number of thiophene rings is 4. The predicted octanol–water partition coefficient (Wildman–Crippen LogP) is 6.38. The first-order chi connectivity index (χ1) is 35.8. The van der Waals surface area contributed by atoms with Crippen LogP contribution in [0.15, 0.2) is 143 Å². The predicted molar refractivity (Wildman–Crippen MR) is 280 cm³/mol. The van der Waals surface area contributed by atoms with Crippen molar-refractivity contribution in [2.24, 2.45) is 11.8 Å². The Kier molecular flexibility index (Phi) is 18.6.